The molecule has 0 radical (unpaired) electrons. The van der Waals surface area contributed by atoms with Crippen molar-refractivity contribution in [1.29, 1.82) is 0 Å². The lowest BCUT2D eigenvalue weighted by molar-refractivity contribution is -0.394. The fourth-order valence-corrected chi connectivity index (χ4v) is 3.87. The Bertz CT molecular complexity index is 1140. The van der Waals surface area contributed by atoms with E-state index in [1.807, 2.05) is 31.2 Å². The number of ether oxygens (including phenoxy) is 1. The van der Waals surface area contributed by atoms with E-state index in [9.17, 15) is 20.2 Å². The number of hydrogen-bond donors (Lipinski definition) is 0. The number of nitro benzene ring substituents is 2. The number of benzene rings is 3. The molecule has 0 fully saturated rings. The van der Waals surface area contributed by atoms with Crippen LogP contribution in [0.5, 0.6) is 11.5 Å². The van der Waals surface area contributed by atoms with Crippen molar-refractivity contribution in [2.75, 3.05) is 0 Å². The predicted octanol–water partition coefficient (Wildman–Crippen LogP) is 6.88. The van der Waals surface area contributed by atoms with Crippen molar-refractivity contribution in [3.05, 3.63) is 94.9 Å². The van der Waals surface area contributed by atoms with Crippen LogP contribution in [-0.2, 0) is 0 Å². The fraction of sp³-hybridized carbons (Fsp3) is 0.0500. The molecule has 10 heteroatoms. The van der Waals surface area contributed by atoms with Crippen LogP contribution in [0.3, 0.4) is 0 Å². The normalized spacial score (nSPS) is 10.9. The molecule has 152 valence electrons. The standard InChI is InChI=1S/C20H13Br2N3O5/c1-12-2-4-14(5-3-12)23-11-13-8-16(21)20(17(22)9-13)30-19-7-6-15(24(26)27)10-18(19)25(28)29/h2-11H,1H3. The van der Waals surface area contributed by atoms with Crippen LogP contribution in [-0.4, -0.2) is 16.1 Å². The first-order valence-corrected chi connectivity index (χ1v) is 10.0. The van der Waals surface area contributed by atoms with Gasteiger partial charge in [0.1, 0.15) is 0 Å². The third-order valence-corrected chi connectivity index (χ3v) is 5.16. The van der Waals surface area contributed by atoms with Crippen molar-refractivity contribution in [3.63, 3.8) is 0 Å². The van der Waals surface area contributed by atoms with Gasteiger partial charge in [0.05, 0.1) is 30.5 Å². The smallest absolute Gasteiger partial charge is 0.318 e. The first-order valence-electron chi connectivity index (χ1n) is 8.45. The number of nitro groups is 2. The minimum atomic E-state index is -0.729. The molecule has 0 heterocycles. The average Bonchev–Trinajstić information content (AvgIpc) is 2.70. The fourth-order valence-electron chi connectivity index (χ4n) is 2.49. The zero-order valence-corrected chi connectivity index (χ0v) is 18.6. The summed E-state index contributed by atoms with van der Waals surface area (Å²) in [6, 6.07) is 14.4. The molecular weight excluding hydrogens is 522 g/mol. The molecule has 0 atom stereocenters. The highest BCUT2D eigenvalue weighted by Gasteiger charge is 2.22. The van der Waals surface area contributed by atoms with E-state index in [1.54, 1.807) is 18.3 Å². The molecule has 3 rings (SSSR count). The SMILES string of the molecule is Cc1ccc(N=Cc2cc(Br)c(Oc3ccc([N+](=O)[O-])cc3[N+](=O)[O-])c(Br)c2)cc1. The van der Waals surface area contributed by atoms with Gasteiger partial charge >= 0.3 is 5.69 Å². The third-order valence-electron chi connectivity index (χ3n) is 3.98. The van der Waals surface area contributed by atoms with E-state index in [1.165, 1.54) is 6.07 Å². The number of aryl methyl sites for hydroxylation is 1. The van der Waals surface area contributed by atoms with Crippen LogP contribution >= 0.6 is 31.9 Å². The lowest BCUT2D eigenvalue weighted by Gasteiger charge is -2.11. The molecule has 0 aromatic heterocycles. The summed E-state index contributed by atoms with van der Waals surface area (Å²) in [6.45, 7) is 2.00. The van der Waals surface area contributed by atoms with Gasteiger partial charge in [-0.05, 0) is 74.7 Å². The summed E-state index contributed by atoms with van der Waals surface area (Å²) in [5.41, 5.74) is 1.80. The van der Waals surface area contributed by atoms with E-state index in [0.717, 1.165) is 28.9 Å². The summed E-state index contributed by atoms with van der Waals surface area (Å²) in [4.78, 5) is 25.2. The molecule has 0 aliphatic heterocycles. The molecule has 0 N–H and O–H groups in total. The Kier molecular flexibility index (Phi) is 6.58. The molecule has 0 bridgehead atoms. The van der Waals surface area contributed by atoms with E-state index in [4.69, 9.17) is 4.74 Å². The van der Waals surface area contributed by atoms with Crippen LogP contribution in [0.25, 0.3) is 0 Å². The Morgan fingerprint density at radius 2 is 1.57 bits per heavy atom. The molecule has 0 aliphatic carbocycles. The van der Waals surface area contributed by atoms with Crippen molar-refractivity contribution in [1.82, 2.24) is 0 Å². The lowest BCUT2D eigenvalue weighted by atomic mass is 10.2. The zero-order valence-electron chi connectivity index (χ0n) is 15.4. The summed E-state index contributed by atoms with van der Waals surface area (Å²) in [5.74, 6) is 0.174. The molecule has 3 aromatic rings. The second-order valence-corrected chi connectivity index (χ2v) is 7.88. The van der Waals surface area contributed by atoms with E-state index in [-0.39, 0.29) is 5.75 Å². The van der Waals surface area contributed by atoms with E-state index in [0.29, 0.717) is 14.7 Å². The number of halogens is 2. The van der Waals surface area contributed by atoms with Gasteiger partial charge < -0.3 is 4.74 Å². The van der Waals surface area contributed by atoms with Crippen molar-refractivity contribution >= 4 is 55.1 Å². The first kappa shape index (κ1) is 21.6. The maximum atomic E-state index is 11.3. The largest absolute Gasteiger partial charge is 0.448 e. The summed E-state index contributed by atoms with van der Waals surface area (Å²) in [7, 11) is 0. The third kappa shape index (κ3) is 5.08. The van der Waals surface area contributed by atoms with Gasteiger partial charge in [0.2, 0.25) is 5.75 Å². The van der Waals surface area contributed by atoms with Crippen molar-refractivity contribution in [2.45, 2.75) is 6.92 Å². The van der Waals surface area contributed by atoms with E-state index in [2.05, 4.69) is 36.9 Å². The second-order valence-electron chi connectivity index (χ2n) is 6.18. The van der Waals surface area contributed by atoms with Crippen molar-refractivity contribution < 1.29 is 14.6 Å². The number of aliphatic imine (C=N–C) groups is 1. The Hall–Kier alpha value is -3.11. The Balaban J connectivity index is 1.90. The van der Waals surface area contributed by atoms with Crippen molar-refractivity contribution in [2.24, 2.45) is 4.99 Å². The van der Waals surface area contributed by atoms with Crippen LogP contribution < -0.4 is 4.74 Å². The minimum absolute atomic E-state index is 0.118. The van der Waals surface area contributed by atoms with Crippen molar-refractivity contribution in [3.8, 4) is 11.5 Å². The van der Waals surface area contributed by atoms with Gasteiger partial charge in [0, 0.05) is 12.3 Å². The molecule has 3 aromatic carbocycles. The molecule has 0 amide bonds. The van der Waals surface area contributed by atoms with E-state index < -0.39 is 21.2 Å². The Morgan fingerprint density at radius 1 is 0.933 bits per heavy atom. The topological polar surface area (TPSA) is 108 Å². The van der Waals surface area contributed by atoms with Crippen LogP contribution in [0.15, 0.2) is 68.5 Å². The molecule has 8 nitrogen and oxygen atoms in total. The number of rotatable bonds is 6. The second kappa shape index (κ2) is 9.14. The van der Waals surface area contributed by atoms with Gasteiger partial charge in [-0.25, -0.2) is 0 Å². The molecule has 0 aliphatic rings. The van der Waals surface area contributed by atoms with Gasteiger partial charge in [-0.3, -0.25) is 25.2 Å². The van der Waals surface area contributed by atoms with E-state index >= 15 is 0 Å². The lowest BCUT2D eigenvalue weighted by Crippen LogP contribution is -1.97. The zero-order chi connectivity index (χ0) is 21.8. The summed E-state index contributed by atoms with van der Waals surface area (Å²) < 4.78 is 6.74. The Labute approximate surface area is 187 Å². The molecule has 0 saturated heterocycles. The van der Waals surface area contributed by atoms with Crippen LogP contribution in [0.1, 0.15) is 11.1 Å². The van der Waals surface area contributed by atoms with Gasteiger partial charge in [0.25, 0.3) is 5.69 Å². The Morgan fingerprint density at radius 3 is 2.13 bits per heavy atom. The maximum Gasteiger partial charge on any atom is 0.318 e. The van der Waals surface area contributed by atoms with Crippen LogP contribution in [0.2, 0.25) is 0 Å². The van der Waals surface area contributed by atoms with Crippen LogP contribution in [0.4, 0.5) is 17.1 Å². The highest BCUT2D eigenvalue weighted by Crippen LogP contribution is 2.41. The minimum Gasteiger partial charge on any atom is -0.448 e. The van der Waals surface area contributed by atoms with Gasteiger partial charge in [-0.2, -0.15) is 0 Å². The summed E-state index contributed by atoms with van der Waals surface area (Å²) >= 11 is 6.79. The quantitative estimate of drug-likeness (QED) is 0.194. The average molecular weight is 535 g/mol. The molecule has 0 saturated carbocycles. The van der Waals surface area contributed by atoms with Gasteiger partial charge in [-0.15, -0.1) is 0 Å². The number of non-ortho nitro benzene ring substituents is 1. The molecular formula is C20H13Br2N3O5. The van der Waals surface area contributed by atoms with Gasteiger partial charge in [0.15, 0.2) is 5.75 Å². The summed E-state index contributed by atoms with van der Waals surface area (Å²) in [6.07, 6.45) is 1.68. The number of nitrogens with zero attached hydrogens (tertiary/aromatic N) is 3. The molecule has 0 unspecified atom stereocenters. The maximum absolute atomic E-state index is 11.3. The first-order chi connectivity index (χ1) is 14.2. The summed E-state index contributed by atoms with van der Waals surface area (Å²) in [5, 5.41) is 22.2. The molecule has 0 spiro atoms. The highest BCUT2D eigenvalue weighted by molar-refractivity contribution is 9.11. The van der Waals surface area contributed by atoms with Crippen LogP contribution in [0, 0.1) is 27.2 Å². The number of hydrogen-bond acceptors (Lipinski definition) is 6. The molecule has 30 heavy (non-hydrogen) atoms. The van der Waals surface area contributed by atoms with Gasteiger partial charge in [-0.1, -0.05) is 17.7 Å². The monoisotopic (exact) mass is 533 g/mol. The highest BCUT2D eigenvalue weighted by atomic mass is 79.9. The predicted molar refractivity (Wildman–Crippen MR) is 120 cm³/mol.